The van der Waals surface area contributed by atoms with E-state index < -0.39 is 48.9 Å². The topological polar surface area (TPSA) is 132 Å². The maximum atomic E-state index is 13.7. The Balaban J connectivity index is 1.67. The van der Waals surface area contributed by atoms with Crippen LogP contribution in [0.3, 0.4) is 0 Å². The fraction of sp³-hybridized carbons (Fsp3) is 0.250. The number of hydrogen-bond donors (Lipinski definition) is 3. The molecule has 0 radical (unpaired) electrons. The van der Waals surface area contributed by atoms with Crippen LogP contribution < -0.4 is 20.7 Å². The van der Waals surface area contributed by atoms with Crippen LogP contribution in [0.1, 0.15) is 24.2 Å². The number of carbonyl (C=O) groups is 4. The molecular weight excluding hydrogens is 461 g/mol. The number of anilines is 1. The molecule has 0 saturated carbocycles. The number of esters is 2. The standard InChI is InChI=1S/C24H24FN3O7/c1-3-33-23(31)21-14(2)26-24(32)28-18(21)12-35-22(30)15-8-4-7-11-19(15)34-13-20(29)27-17-10-6-5-9-16(17)25/h4-11,14H,3,12-13H2,1-2H3,(H,27,29)(H2,26,28,32)/t14-/m1/s1. The minimum Gasteiger partial charge on any atom is -0.483 e. The molecule has 1 aliphatic rings. The summed E-state index contributed by atoms with van der Waals surface area (Å²) in [6.07, 6.45) is 0. The summed E-state index contributed by atoms with van der Waals surface area (Å²) in [4.78, 5) is 49.0. The lowest BCUT2D eigenvalue weighted by Gasteiger charge is -2.26. The van der Waals surface area contributed by atoms with Crippen molar-refractivity contribution in [3.63, 3.8) is 0 Å². The number of urea groups is 1. The Morgan fingerprint density at radius 3 is 2.49 bits per heavy atom. The third-order valence-corrected chi connectivity index (χ3v) is 4.83. The van der Waals surface area contributed by atoms with Crippen molar-refractivity contribution in [2.75, 3.05) is 25.1 Å². The quantitative estimate of drug-likeness (QED) is 0.465. The molecule has 3 amide bonds. The molecule has 1 heterocycles. The third-order valence-electron chi connectivity index (χ3n) is 4.83. The van der Waals surface area contributed by atoms with E-state index in [4.69, 9.17) is 14.2 Å². The second-order valence-electron chi connectivity index (χ2n) is 7.32. The Morgan fingerprint density at radius 1 is 1.03 bits per heavy atom. The Bertz CT molecular complexity index is 1170. The van der Waals surface area contributed by atoms with Gasteiger partial charge in [-0.15, -0.1) is 0 Å². The van der Waals surface area contributed by atoms with E-state index in [0.29, 0.717) is 0 Å². The van der Waals surface area contributed by atoms with Crippen LogP contribution in [0, 0.1) is 5.82 Å². The average molecular weight is 485 g/mol. The first kappa shape index (κ1) is 25.2. The highest BCUT2D eigenvalue weighted by molar-refractivity contribution is 5.96. The zero-order valence-electron chi connectivity index (χ0n) is 19.1. The molecule has 2 aromatic carbocycles. The summed E-state index contributed by atoms with van der Waals surface area (Å²) in [5, 5.41) is 7.39. The van der Waals surface area contributed by atoms with Crippen molar-refractivity contribution in [2.45, 2.75) is 19.9 Å². The van der Waals surface area contributed by atoms with E-state index in [0.717, 1.165) is 0 Å². The predicted octanol–water partition coefficient (Wildman–Crippen LogP) is 2.52. The molecule has 0 saturated heterocycles. The van der Waals surface area contributed by atoms with E-state index in [9.17, 15) is 23.6 Å². The highest BCUT2D eigenvalue weighted by atomic mass is 19.1. The highest BCUT2D eigenvalue weighted by Crippen LogP contribution is 2.21. The second kappa shape index (κ2) is 11.6. The maximum absolute atomic E-state index is 13.7. The Labute approximate surface area is 200 Å². The first-order valence-corrected chi connectivity index (χ1v) is 10.7. The molecule has 10 nitrogen and oxygen atoms in total. The van der Waals surface area contributed by atoms with Crippen LogP contribution in [-0.2, 0) is 19.1 Å². The van der Waals surface area contributed by atoms with Crippen LogP contribution >= 0.6 is 0 Å². The Morgan fingerprint density at radius 2 is 1.74 bits per heavy atom. The van der Waals surface area contributed by atoms with Crippen LogP contribution in [0.2, 0.25) is 0 Å². The van der Waals surface area contributed by atoms with E-state index in [1.54, 1.807) is 32.0 Å². The molecule has 0 spiro atoms. The van der Waals surface area contributed by atoms with Crippen LogP contribution in [0.5, 0.6) is 5.75 Å². The average Bonchev–Trinajstić information content (AvgIpc) is 2.82. The zero-order chi connectivity index (χ0) is 25.4. The summed E-state index contributed by atoms with van der Waals surface area (Å²) in [6.45, 7) is 2.47. The van der Waals surface area contributed by atoms with Gasteiger partial charge >= 0.3 is 18.0 Å². The van der Waals surface area contributed by atoms with Crippen LogP contribution in [0.4, 0.5) is 14.9 Å². The van der Waals surface area contributed by atoms with Crippen molar-refractivity contribution in [2.24, 2.45) is 0 Å². The van der Waals surface area contributed by atoms with Crippen molar-refractivity contribution < 1.29 is 37.8 Å². The van der Waals surface area contributed by atoms with E-state index in [-0.39, 0.29) is 34.9 Å². The first-order chi connectivity index (χ1) is 16.8. The van der Waals surface area contributed by atoms with Gasteiger partial charge in [0.1, 0.15) is 23.7 Å². The van der Waals surface area contributed by atoms with Gasteiger partial charge in [-0.2, -0.15) is 0 Å². The number of halogens is 1. The minimum atomic E-state index is -0.814. The van der Waals surface area contributed by atoms with Gasteiger partial charge in [0.2, 0.25) is 0 Å². The third kappa shape index (κ3) is 6.56. The number of carbonyl (C=O) groups excluding carboxylic acids is 4. The summed E-state index contributed by atoms with van der Waals surface area (Å²) in [7, 11) is 0. The van der Waals surface area contributed by atoms with Crippen molar-refractivity contribution in [1.29, 1.82) is 0 Å². The predicted molar refractivity (Wildman–Crippen MR) is 122 cm³/mol. The van der Waals surface area contributed by atoms with Gasteiger partial charge in [0.25, 0.3) is 5.91 Å². The summed E-state index contributed by atoms with van der Waals surface area (Å²) < 4.78 is 29.5. The van der Waals surface area contributed by atoms with Gasteiger partial charge < -0.3 is 30.2 Å². The Kier molecular flexibility index (Phi) is 8.38. The van der Waals surface area contributed by atoms with Crippen molar-refractivity contribution >= 4 is 29.6 Å². The lowest BCUT2D eigenvalue weighted by atomic mass is 10.0. The fourth-order valence-corrected chi connectivity index (χ4v) is 3.26. The van der Waals surface area contributed by atoms with Crippen LogP contribution in [0.25, 0.3) is 0 Å². The molecule has 11 heteroatoms. The maximum Gasteiger partial charge on any atom is 0.342 e. The van der Waals surface area contributed by atoms with E-state index in [2.05, 4.69) is 16.0 Å². The summed E-state index contributed by atoms with van der Waals surface area (Å²) in [6, 6.07) is 10.5. The number of ether oxygens (including phenoxy) is 3. The summed E-state index contributed by atoms with van der Waals surface area (Å²) in [5.41, 5.74) is 0.236. The first-order valence-electron chi connectivity index (χ1n) is 10.7. The highest BCUT2D eigenvalue weighted by Gasteiger charge is 2.30. The minimum absolute atomic E-state index is 0.00211. The largest absolute Gasteiger partial charge is 0.483 e. The molecule has 3 N–H and O–H groups in total. The molecule has 0 aromatic heterocycles. The van der Waals surface area contributed by atoms with Gasteiger partial charge in [-0.05, 0) is 38.1 Å². The number of rotatable bonds is 9. The van der Waals surface area contributed by atoms with Crippen molar-refractivity contribution in [3.05, 3.63) is 71.2 Å². The molecule has 1 aliphatic heterocycles. The number of benzene rings is 2. The smallest absolute Gasteiger partial charge is 0.342 e. The molecular formula is C24H24FN3O7. The molecule has 0 aliphatic carbocycles. The Hall–Kier alpha value is -4.41. The van der Waals surface area contributed by atoms with Gasteiger partial charge in [-0.3, -0.25) is 4.79 Å². The zero-order valence-corrected chi connectivity index (χ0v) is 19.1. The van der Waals surface area contributed by atoms with E-state index in [1.807, 2.05) is 0 Å². The lowest BCUT2D eigenvalue weighted by Crippen LogP contribution is -2.50. The molecule has 3 rings (SSSR count). The monoisotopic (exact) mass is 485 g/mol. The summed E-state index contributed by atoms with van der Waals surface area (Å²) >= 11 is 0. The van der Waals surface area contributed by atoms with E-state index in [1.165, 1.54) is 30.3 Å². The number of nitrogens with one attached hydrogen (secondary N) is 3. The SMILES string of the molecule is CCOC(=O)C1=C(COC(=O)c2ccccc2OCC(=O)Nc2ccccc2F)NC(=O)N[C@@H]1C. The summed E-state index contributed by atoms with van der Waals surface area (Å²) in [5.74, 6) is -2.63. The molecule has 0 fully saturated rings. The molecule has 0 unspecified atom stereocenters. The molecule has 35 heavy (non-hydrogen) atoms. The van der Waals surface area contributed by atoms with E-state index >= 15 is 0 Å². The molecule has 0 bridgehead atoms. The number of amides is 3. The second-order valence-corrected chi connectivity index (χ2v) is 7.32. The van der Waals surface area contributed by atoms with Crippen LogP contribution in [0.15, 0.2) is 59.8 Å². The molecule has 184 valence electrons. The van der Waals surface area contributed by atoms with Gasteiger partial charge in [-0.1, -0.05) is 24.3 Å². The fourth-order valence-electron chi connectivity index (χ4n) is 3.26. The van der Waals surface area contributed by atoms with Crippen LogP contribution in [-0.4, -0.2) is 49.7 Å². The number of hydrogen-bond acceptors (Lipinski definition) is 7. The van der Waals surface area contributed by atoms with Gasteiger partial charge in [-0.25, -0.2) is 18.8 Å². The number of para-hydroxylation sites is 2. The molecule has 2 aromatic rings. The van der Waals surface area contributed by atoms with Gasteiger partial charge in [0.05, 0.1) is 29.6 Å². The van der Waals surface area contributed by atoms with Crippen molar-refractivity contribution in [3.8, 4) is 5.75 Å². The van der Waals surface area contributed by atoms with Gasteiger partial charge in [0, 0.05) is 0 Å². The van der Waals surface area contributed by atoms with Gasteiger partial charge in [0.15, 0.2) is 6.61 Å². The lowest BCUT2D eigenvalue weighted by molar-refractivity contribution is -0.139. The van der Waals surface area contributed by atoms with Crippen molar-refractivity contribution in [1.82, 2.24) is 10.6 Å². The molecule has 1 atom stereocenters. The normalized spacial score (nSPS) is 14.9.